The van der Waals surface area contributed by atoms with E-state index in [0.29, 0.717) is 42.3 Å². The summed E-state index contributed by atoms with van der Waals surface area (Å²) in [7, 11) is 0. The summed E-state index contributed by atoms with van der Waals surface area (Å²) in [6.07, 6.45) is 22.2. The van der Waals surface area contributed by atoms with Crippen molar-refractivity contribution >= 4 is 11.0 Å². The molecule has 0 fully saturated rings. The van der Waals surface area contributed by atoms with E-state index in [2.05, 4.69) is 72.8 Å². The number of benzene rings is 1. The SMILES string of the molecule is CCCCCCCCCCOc1c(OCC=C(C)CCC=C(C)C)c2c(OCC=C(C)CCC=C(C)C)cccc2oc1=O. The van der Waals surface area contributed by atoms with Gasteiger partial charge in [-0.1, -0.05) is 92.4 Å². The molecule has 0 amide bonds. The molecule has 0 bridgehead atoms. The van der Waals surface area contributed by atoms with E-state index in [0.717, 1.165) is 38.5 Å². The molecule has 44 heavy (non-hydrogen) atoms. The quantitative estimate of drug-likeness (QED) is 0.0758. The fraction of sp³-hybridized carbons (Fsp3) is 0.564. The zero-order valence-electron chi connectivity index (χ0n) is 28.7. The summed E-state index contributed by atoms with van der Waals surface area (Å²) in [5, 5.41) is 0.629. The first-order valence-corrected chi connectivity index (χ1v) is 16.8. The first-order valence-electron chi connectivity index (χ1n) is 16.8. The Morgan fingerprint density at radius 3 is 1.84 bits per heavy atom. The summed E-state index contributed by atoms with van der Waals surface area (Å²) < 4.78 is 24.4. The molecule has 0 unspecified atom stereocenters. The molecule has 0 aliphatic carbocycles. The third-order valence-electron chi connectivity index (χ3n) is 7.57. The molecular weight excluding hydrogens is 548 g/mol. The third-order valence-corrected chi connectivity index (χ3v) is 7.57. The van der Waals surface area contributed by atoms with Gasteiger partial charge in [0.15, 0.2) is 5.75 Å². The maximum Gasteiger partial charge on any atom is 0.383 e. The number of hydrogen-bond acceptors (Lipinski definition) is 5. The lowest BCUT2D eigenvalue weighted by Crippen LogP contribution is -2.12. The molecule has 0 spiro atoms. The van der Waals surface area contributed by atoms with E-state index in [9.17, 15) is 4.79 Å². The van der Waals surface area contributed by atoms with E-state index >= 15 is 0 Å². The van der Waals surface area contributed by atoms with Gasteiger partial charge in [-0.05, 0) is 97.9 Å². The second-order valence-corrected chi connectivity index (χ2v) is 12.4. The largest absolute Gasteiger partial charge is 0.489 e. The Balaban J connectivity index is 2.24. The molecule has 0 radical (unpaired) electrons. The van der Waals surface area contributed by atoms with Crippen molar-refractivity contribution in [3.63, 3.8) is 0 Å². The van der Waals surface area contributed by atoms with Crippen molar-refractivity contribution in [2.75, 3.05) is 19.8 Å². The Morgan fingerprint density at radius 2 is 1.25 bits per heavy atom. The second kappa shape index (κ2) is 21.5. The molecule has 0 N–H and O–H groups in total. The van der Waals surface area contributed by atoms with Crippen molar-refractivity contribution < 1.29 is 18.6 Å². The molecule has 0 atom stereocenters. The van der Waals surface area contributed by atoms with Gasteiger partial charge in [-0.15, -0.1) is 0 Å². The molecule has 0 saturated carbocycles. The monoisotopic (exact) mass is 606 g/mol. The van der Waals surface area contributed by atoms with Crippen LogP contribution in [0.1, 0.15) is 126 Å². The highest BCUT2D eigenvalue weighted by Crippen LogP contribution is 2.39. The Morgan fingerprint density at radius 1 is 0.682 bits per heavy atom. The van der Waals surface area contributed by atoms with Crippen LogP contribution in [0.15, 0.2) is 74.0 Å². The highest BCUT2D eigenvalue weighted by molar-refractivity contribution is 5.91. The normalized spacial score (nSPS) is 11.9. The van der Waals surface area contributed by atoms with Crippen LogP contribution in [-0.4, -0.2) is 19.8 Å². The van der Waals surface area contributed by atoms with Crippen LogP contribution in [0.4, 0.5) is 0 Å². The van der Waals surface area contributed by atoms with Crippen LogP contribution in [-0.2, 0) is 0 Å². The van der Waals surface area contributed by atoms with Crippen molar-refractivity contribution in [3.05, 3.63) is 75.2 Å². The molecule has 0 aliphatic rings. The van der Waals surface area contributed by atoms with E-state index in [1.807, 2.05) is 12.1 Å². The average molecular weight is 607 g/mol. The smallest absolute Gasteiger partial charge is 0.383 e. The van der Waals surface area contributed by atoms with Crippen molar-refractivity contribution in [1.82, 2.24) is 0 Å². The number of ether oxygens (including phenoxy) is 3. The average Bonchev–Trinajstić information content (AvgIpc) is 2.96. The molecule has 1 aromatic carbocycles. The van der Waals surface area contributed by atoms with E-state index in [1.54, 1.807) is 6.07 Å². The van der Waals surface area contributed by atoms with Crippen LogP contribution in [0.5, 0.6) is 17.2 Å². The van der Waals surface area contributed by atoms with Gasteiger partial charge in [-0.25, -0.2) is 4.79 Å². The van der Waals surface area contributed by atoms with Gasteiger partial charge in [0.25, 0.3) is 0 Å². The Labute approximate surface area is 267 Å². The minimum absolute atomic E-state index is 0.125. The van der Waals surface area contributed by atoms with Gasteiger partial charge in [-0.2, -0.15) is 0 Å². The molecule has 244 valence electrons. The van der Waals surface area contributed by atoms with Crippen molar-refractivity contribution in [1.29, 1.82) is 0 Å². The third kappa shape index (κ3) is 14.5. The fourth-order valence-electron chi connectivity index (χ4n) is 4.89. The predicted molar refractivity (Wildman–Crippen MR) is 186 cm³/mol. The number of allylic oxidation sites excluding steroid dienone is 6. The molecule has 1 heterocycles. The first kappa shape index (κ1) is 37.0. The highest BCUT2D eigenvalue weighted by atomic mass is 16.5. The van der Waals surface area contributed by atoms with Gasteiger partial charge in [0.05, 0.1) is 6.61 Å². The van der Waals surface area contributed by atoms with Gasteiger partial charge < -0.3 is 18.6 Å². The molecule has 2 aromatic rings. The van der Waals surface area contributed by atoms with Gasteiger partial charge in [-0.3, -0.25) is 0 Å². The molecule has 0 saturated heterocycles. The fourth-order valence-corrected chi connectivity index (χ4v) is 4.89. The zero-order valence-corrected chi connectivity index (χ0v) is 28.7. The van der Waals surface area contributed by atoms with Crippen LogP contribution < -0.4 is 19.8 Å². The lowest BCUT2D eigenvalue weighted by atomic mass is 10.1. The molecule has 1 aromatic heterocycles. The maximum atomic E-state index is 13.1. The Kier molecular flexibility index (Phi) is 18.1. The Hall–Kier alpha value is -3.21. The van der Waals surface area contributed by atoms with Crippen molar-refractivity contribution in [3.8, 4) is 17.2 Å². The second-order valence-electron chi connectivity index (χ2n) is 12.4. The van der Waals surface area contributed by atoms with Gasteiger partial charge in [0, 0.05) is 0 Å². The van der Waals surface area contributed by atoms with E-state index < -0.39 is 5.63 Å². The summed E-state index contributed by atoms with van der Waals surface area (Å²) in [6, 6.07) is 5.51. The van der Waals surface area contributed by atoms with Crippen molar-refractivity contribution in [2.24, 2.45) is 0 Å². The number of fused-ring (bicyclic) bond motifs is 1. The van der Waals surface area contributed by atoms with Crippen LogP contribution in [0, 0.1) is 0 Å². The number of hydrogen-bond donors (Lipinski definition) is 0. The summed E-state index contributed by atoms with van der Waals surface area (Å²) in [5.74, 6) is 1.13. The van der Waals surface area contributed by atoms with Crippen LogP contribution >= 0.6 is 0 Å². The molecule has 2 rings (SSSR count). The molecule has 5 heteroatoms. The van der Waals surface area contributed by atoms with Crippen molar-refractivity contribution in [2.45, 2.75) is 126 Å². The topological polar surface area (TPSA) is 57.9 Å². The molecule has 5 nitrogen and oxygen atoms in total. The summed E-state index contributed by atoms with van der Waals surface area (Å²) in [6.45, 7) is 16.1. The first-order chi connectivity index (χ1) is 21.2. The minimum Gasteiger partial charge on any atom is -0.489 e. The lowest BCUT2D eigenvalue weighted by Gasteiger charge is -2.16. The van der Waals surface area contributed by atoms with E-state index in [-0.39, 0.29) is 5.75 Å². The highest BCUT2D eigenvalue weighted by Gasteiger charge is 2.21. The molecule has 0 aliphatic heterocycles. The van der Waals surface area contributed by atoms with Gasteiger partial charge >= 0.3 is 5.63 Å². The van der Waals surface area contributed by atoms with Crippen LogP contribution in [0.2, 0.25) is 0 Å². The standard InChI is InChI=1S/C39H58O5/c1-8-9-10-11-12-13-14-15-27-42-38-37(43-29-26-33(7)22-17-20-31(4)5)36-34(23-18-24-35(36)44-39(38)40)41-28-25-32(6)21-16-19-30(2)3/h18-20,23-26H,8-17,21-22,27-29H2,1-7H3. The maximum absolute atomic E-state index is 13.1. The summed E-state index contributed by atoms with van der Waals surface area (Å²) in [4.78, 5) is 13.1. The predicted octanol–water partition coefficient (Wildman–Crippen LogP) is 11.5. The summed E-state index contributed by atoms with van der Waals surface area (Å²) >= 11 is 0. The zero-order chi connectivity index (χ0) is 32.2. The van der Waals surface area contributed by atoms with Crippen LogP contribution in [0.3, 0.4) is 0 Å². The van der Waals surface area contributed by atoms with Gasteiger partial charge in [0.1, 0.15) is 29.9 Å². The molecular formula is C39H58O5. The summed E-state index contributed by atoms with van der Waals surface area (Å²) in [5.41, 5.74) is 5.06. The van der Waals surface area contributed by atoms with E-state index in [1.165, 1.54) is 60.8 Å². The van der Waals surface area contributed by atoms with Gasteiger partial charge in [0.2, 0.25) is 5.75 Å². The Bertz CT molecular complexity index is 1300. The number of rotatable bonds is 22. The minimum atomic E-state index is -0.525. The lowest BCUT2D eigenvalue weighted by molar-refractivity contribution is 0.263. The van der Waals surface area contributed by atoms with Crippen LogP contribution in [0.25, 0.3) is 11.0 Å². The number of unbranched alkanes of at least 4 members (excludes halogenated alkanes) is 7. The van der Waals surface area contributed by atoms with E-state index in [4.69, 9.17) is 18.6 Å².